The van der Waals surface area contributed by atoms with Crippen molar-refractivity contribution in [2.45, 2.75) is 13.2 Å². The molecule has 1 N–H and O–H groups in total. The van der Waals surface area contributed by atoms with E-state index in [0.717, 1.165) is 11.5 Å². The van der Waals surface area contributed by atoms with Gasteiger partial charge in [0.25, 0.3) is 0 Å². The van der Waals surface area contributed by atoms with Crippen molar-refractivity contribution in [3.63, 3.8) is 0 Å². The van der Waals surface area contributed by atoms with E-state index >= 15 is 0 Å². The lowest BCUT2D eigenvalue weighted by molar-refractivity contribution is 0.104. The molecular formula is C14H16N2O. The van der Waals surface area contributed by atoms with Crippen LogP contribution < -0.4 is 5.32 Å². The van der Waals surface area contributed by atoms with E-state index in [1.54, 1.807) is 0 Å². The van der Waals surface area contributed by atoms with E-state index in [9.17, 15) is 0 Å². The van der Waals surface area contributed by atoms with Crippen LogP contribution >= 0.6 is 0 Å². The number of hydrogen-bond donors (Lipinski definition) is 1. The SMILES string of the molecule is CNc1cccc(COCc2ccccc2)n1. The van der Waals surface area contributed by atoms with Crippen LogP contribution in [0.3, 0.4) is 0 Å². The van der Waals surface area contributed by atoms with Crippen molar-refractivity contribution >= 4 is 5.82 Å². The Morgan fingerprint density at radius 1 is 1.00 bits per heavy atom. The van der Waals surface area contributed by atoms with Crippen LogP contribution in [0.15, 0.2) is 48.5 Å². The molecule has 0 aliphatic heterocycles. The van der Waals surface area contributed by atoms with Crippen LogP contribution in [0, 0.1) is 0 Å². The second-order valence-electron chi connectivity index (χ2n) is 3.74. The van der Waals surface area contributed by atoms with E-state index in [-0.39, 0.29) is 0 Å². The maximum Gasteiger partial charge on any atom is 0.126 e. The summed E-state index contributed by atoms with van der Waals surface area (Å²) in [6.07, 6.45) is 0. The highest BCUT2D eigenvalue weighted by Crippen LogP contribution is 2.07. The van der Waals surface area contributed by atoms with Gasteiger partial charge in [-0.05, 0) is 17.7 Å². The fraction of sp³-hybridized carbons (Fsp3) is 0.214. The molecule has 1 aromatic carbocycles. The Morgan fingerprint density at radius 2 is 1.82 bits per heavy atom. The van der Waals surface area contributed by atoms with Crippen molar-refractivity contribution < 1.29 is 4.74 Å². The predicted molar refractivity (Wildman–Crippen MR) is 68.7 cm³/mol. The highest BCUT2D eigenvalue weighted by atomic mass is 16.5. The number of aromatic nitrogens is 1. The Morgan fingerprint density at radius 3 is 2.59 bits per heavy atom. The lowest BCUT2D eigenvalue weighted by Crippen LogP contribution is -1.99. The van der Waals surface area contributed by atoms with Gasteiger partial charge in [-0.2, -0.15) is 0 Å². The minimum absolute atomic E-state index is 0.532. The minimum Gasteiger partial charge on any atom is -0.373 e. The van der Waals surface area contributed by atoms with Crippen molar-refractivity contribution in [2.24, 2.45) is 0 Å². The van der Waals surface area contributed by atoms with E-state index in [1.165, 1.54) is 5.56 Å². The second kappa shape index (κ2) is 6.01. The van der Waals surface area contributed by atoms with Gasteiger partial charge in [0.15, 0.2) is 0 Å². The topological polar surface area (TPSA) is 34.1 Å². The molecule has 2 aromatic rings. The number of hydrogen-bond acceptors (Lipinski definition) is 3. The van der Waals surface area contributed by atoms with Crippen LogP contribution in [0.4, 0.5) is 5.82 Å². The Kier molecular flexibility index (Phi) is 4.11. The fourth-order valence-corrected chi connectivity index (χ4v) is 1.55. The highest BCUT2D eigenvalue weighted by Gasteiger charge is 1.97. The van der Waals surface area contributed by atoms with Crippen LogP contribution in [0.2, 0.25) is 0 Å². The number of pyridine rings is 1. The highest BCUT2D eigenvalue weighted by molar-refractivity contribution is 5.34. The molecule has 3 heteroatoms. The Labute approximate surface area is 101 Å². The van der Waals surface area contributed by atoms with Crippen molar-refractivity contribution in [1.29, 1.82) is 0 Å². The quantitative estimate of drug-likeness (QED) is 0.854. The molecule has 0 atom stereocenters. The third-order valence-corrected chi connectivity index (χ3v) is 2.42. The molecule has 1 heterocycles. The summed E-state index contributed by atoms with van der Waals surface area (Å²) in [5.41, 5.74) is 2.12. The van der Waals surface area contributed by atoms with E-state index in [0.29, 0.717) is 13.2 Å². The third-order valence-electron chi connectivity index (χ3n) is 2.42. The number of nitrogens with zero attached hydrogens (tertiary/aromatic N) is 1. The van der Waals surface area contributed by atoms with Gasteiger partial charge in [-0.1, -0.05) is 36.4 Å². The van der Waals surface area contributed by atoms with Crippen molar-refractivity contribution in [3.05, 3.63) is 59.8 Å². The van der Waals surface area contributed by atoms with Gasteiger partial charge in [-0.3, -0.25) is 0 Å². The number of anilines is 1. The molecule has 0 unspecified atom stereocenters. The summed E-state index contributed by atoms with van der Waals surface area (Å²) in [4.78, 5) is 4.39. The predicted octanol–water partition coefficient (Wildman–Crippen LogP) is 2.84. The monoisotopic (exact) mass is 228 g/mol. The zero-order chi connectivity index (χ0) is 11.9. The summed E-state index contributed by atoms with van der Waals surface area (Å²) in [6, 6.07) is 16.0. The lowest BCUT2D eigenvalue weighted by atomic mass is 10.2. The standard InChI is InChI=1S/C14H16N2O/c1-15-14-9-5-8-13(16-14)11-17-10-12-6-3-2-4-7-12/h2-9H,10-11H2,1H3,(H,15,16). The van der Waals surface area contributed by atoms with Crippen molar-refractivity contribution in [1.82, 2.24) is 4.98 Å². The molecular weight excluding hydrogens is 212 g/mol. The van der Waals surface area contributed by atoms with E-state index in [2.05, 4.69) is 22.4 Å². The first-order chi connectivity index (χ1) is 8.38. The third kappa shape index (κ3) is 3.57. The molecule has 0 bridgehead atoms. The average Bonchev–Trinajstić information content (AvgIpc) is 2.40. The maximum absolute atomic E-state index is 5.61. The summed E-state index contributed by atoms with van der Waals surface area (Å²) < 4.78 is 5.61. The molecule has 88 valence electrons. The van der Waals surface area contributed by atoms with Crippen LogP contribution in [0.1, 0.15) is 11.3 Å². The van der Waals surface area contributed by atoms with Gasteiger partial charge in [-0.25, -0.2) is 4.98 Å². The van der Waals surface area contributed by atoms with Gasteiger partial charge in [0.2, 0.25) is 0 Å². The van der Waals surface area contributed by atoms with Gasteiger partial charge in [0.1, 0.15) is 5.82 Å². The van der Waals surface area contributed by atoms with Gasteiger partial charge in [-0.15, -0.1) is 0 Å². The van der Waals surface area contributed by atoms with Crippen LogP contribution in [0.25, 0.3) is 0 Å². The summed E-state index contributed by atoms with van der Waals surface area (Å²) in [6.45, 7) is 1.15. The molecule has 0 amide bonds. The lowest BCUT2D eigenvalue weighted by Gasteiger charge is -2.05. The molecule has 0 spiro atoms. The second-order valence-corrected chi connectivity index (χ2v) is 3.74. The molecule has 0 saturated carbocycles. The fourth-order valence-electron chi connectivity index (χ4n) is 1.55. The Bertz CT molecular complexity index is 457. The number of rotatable bonds is 5. The largest absolute Gasteiger partial charge is 0.373 e. The maximum atomic E-state index is 5.61. The van der Waals surface area contributed by atoms with Crippen molar-refractivity contribution in [2.75, 3.05) is 12.4 Å². The number of nitrogens with one attached hydrogen (secondary N) is 1. The van der Waals surface area contributed by atoms with Crippen molar-refractivity contribution in [3.8, 4) is 0 Å². The first-order valence-corrected chi connectivity index (χ1v) is 5.64. The minimum atomic E-state index is 0.532. The van der Waals surface area contributed by atoms with E-state index < -0.39 is 0 Å². The zero-order valence-corrected chi connectivity index (χ0v) is 9.89. The molecule has 0 aliphatic rings. The molecule has 0 radical (unpaired) electrons. The molecule has 1 aromatic heterocycles. The molecule has 3 nitrogen and oxygen atoms in total. The summed E-state index contributed by atoms with van der Waals surface area (Å²) >= 11 is 0. The van der Waals surface area contributed by atoms with Crippen LogP contribution in [0.5, 0.6) is 0 Å². The summed E-state index contributed by atoms with van der Waals surface area (Å²) in [7, 11) is 1.86. The first-order valence-electron chi connectivity index (χ1n) is 5.64. The van der Waals surface area contributed by atoms with Gasteiger partial charge in [0, 0.05) is 7.05 Å². The molecule has 0 aliphatic carbocycles. The smallest absolute Gasteiger partial charge is 0.126 e. The van der Waals surface area contributed by atoms with Gasteiger partial charge in [0.05, 0.1) is 18.9 Å². The van der Waals surface area contributed by atoms with Crippen LogP contribution in [-0.2, 0) is 18.0 Å². The first kappa shape index (κ1) is 11.6. The summed E-state index contributed by atoms with van der Waals surface area (Å²) in [5.74, 6) is 0.866. The molecule has 17 heavy (non-hydrogen) atoms. The zero-order valence-electron chi connectivity index (χ0n) is 9.89. The molecule has 0 fully saturated rings. The average molecular weight is 228 g/mol. The Hall–Kier alpha value is -1.87. The number of benzene rings is 1. The normalized spacial score (nSPS) is 10.2. The number of ether oxygens (including phenoxy) is 1. The summed E-state index contributed by atoms with van der Waals surface area (Å²) in [5, 5.41) is 3.01. The molecule has 2 rings (SSSR count). The molecule has 0 saturated heterocycles. The van der Waals surface area contributed by atoms with E-state index in [4.69, 9.17) is 4.74 Å². The van der Waals surface area contributed by atoms with Gasteiger partial charge >= 0.3 is 0 Å². The van der Waals surface area contributed by atoms with Crippen LogP contribution in [-0.4, -0.2) is 12.0 Å². The van der Waals surface area contributed by atoms with E-state index in [1.807, 2.05) is 43.4 Å². The Balaban J connectivity index is 1.86. The van der Waals surface area contributed by atoms with Gasteiger partial charge < -0.3 is 10.1 Å².